The van der Waals surface area contributed by atoms with Crippen molar-refractivity contribution in [1.29, 1.82) is 0 Å². The lowest BCUT2D eigenvalue weighted by atomic mass is 9.80. The van der Waals surface area contributed by atoms with Crippen LogP contribution < -0.4 is 4.90 Å². The largest absolute Gasteiger partial charge is 0.336 e. The van der Waals surface area contributed by atoms with Crippen LogP contribution in [0.5, 0.6) is 0 Å². The Bertz CT molecular complexity index is 990. The van der Waals surface area contributed by atoms with Crippen molar-refractivity contribution in [3.05, 3.63) is 83.4 Å². The summed E-state index contributed by atoms with van der Waals surface area (Å²) in [6.45, 7) is 13.9. The molecule has 0 atom stereocenters. The minimum Gasteiger partial charge on any atom is -0.336 e. The summed E-state index contributed by atoms with van der Waals surface area (Å²) in [6, 6.07) is 24.3. The zero-order valence-corrected chi connectivity index (χ0v) is 17.3. The van der Waals surface area contributed by atoms with Crippen molar-refractivity contribution < 1.29 is 0 Å². The molecule has 0 spiro atoms. The van der Waals surface area contributed by atoms with Crippen molar-refractivity contribution in [2.24, 2.45) is 0 Å². The van der Waals surface area contributed by atoms with Crippen LogP contribution >= 0.6 is 0 Å². The second-order valence-electron chi connectivity index (χ2n) is 9.17. The zero-order valence-electron chi connectivity index (χ0n) is 17.3. The lowest BCUT2D eigenvalue weighted by Crippen LogP contribution is -2.39. The molecule has 0 saturated heterocycles. The van der Waals surface area contributed by atoms with Crippen molar-refractivity contribution >= 4 is 11.4 Å². The number of fused-ring (bicyclic) bond motifs is 3. The maximum absolute atomic E-state index is 2.52. The topological polar surface area (TPSA) is 3.24 Å². The standard InChI is InChI=1S/C26H29N/c1-18-16-17-21-20-14-10-11-15-22(20)26(5,6)23(21)24(18)27(25(2,3)4)19-12-8-7-9-13-19/h7-17H,1-6H3. The average molecular weight is 356 g/mol. The molecule has 0 aromatic heterocycles. The molecule has 4 rings (SSSR count). The third-order valence-electron chi connectivity index (χ3n) is 5.80. The van der Waals surface area contributed by atoms with E-state index in [9.17, 15) is 0 Å². The normalized spacial score (nSPS) is 14.6. The summed E-state index contributed by atoms with van der Waals surface area (Å²) in [5, 5.41) is 0. The molecule has 27 heavy (non-hydrogen) atoms. The number of benzene rings is 3. The average Bonchev–Trinajstić information content (AvgIpc) is 2.85. The number of hydrogen-bond acceptors (Lipinski definition) is 1. The van der Waals surface area contributed by atoms with Gasteiger partial charge in [-0.05, 0) is 67.6 Å². The van der Waals surface area contributed by atoms with Crippen molar-refractivity contribution in [2.75, 3.05) is 4.90 Å². The van der Waals surface area contributed by atoms with Gasteiger partial charge in [0.2, 0.25) is 0 Å². The molecule has 0 unspecified atom stereocenters. The first kappa shape index (κ1) is 17.9. The van der Waals surface area contributed by atoms with E-state index in [1.807, 2.05) is 0 Å². The van der Waals surface area contributed by atoms with Crippen LogP contribution in [0.15, 0.2) is 66.7 Å². The first-order chi connectivity index (χ1) is 12.7. The molecule has 0 heterocycles. The van der Waals surface area contributed by atoms with E-state index in [4.69, 9.17) is 0 Å². The number of rotatable bonds is 2. The van der Waals surface area contributed by atoms with Gasteiger partial charge in [-0.3, -0.25) is 0 Å². The summed E-state index contributed by atoms with van der Waals surface area (Å²) < 4.78 is 0. The van der Waals surface area contributed by atoms with Crippen LogP contribution in [-0.2, 0) is 5.41 Å². The minimum absolute atomic E-state index is 0.0223. The number of anilines is 2. The molecule has 0 N–H and O–H groups in total. The van der Waals surface area contributed by atoms with Gasteiger partial charge in [0.25, 0.3) is 0 Å². The Morgan fingerprint density at radius 3 is 2.04 bits per heavy atom. The molecule has 0 bridgehead atoms. The van der Waals surface area contributed by atoms with Gasteiger partial charge in [0.15, 0.2) is 0 Å². The predicted molar refractivity (Wildman–Crippen MR) is 117 cm³/mol. The van der Waals surface area contributed by atoms with E-state index >= 15 is 0 Å². The molecule has 1 aliphatic rings. The molecule has 3 aromatic rings. The molecule has 1 heteroatoms. The number of para-hydroxylation sites is 1. The molecule has 3 aromatic carbocycles. The molecule has 1 aliphatic carbocycles. The molecule has 138 valence electrons. The van der Waals surface area contributed by atoms with Crippen LogP contribution in [0.3, 0.4) is 0 Å². The summed E-state index contributed by atoms with van der Waals surface area (Å²) in [5.74, 6) is 0. The van der Waals surface area contributed by atoms with Crippen molar-refractivity contribution in [1.82, 2.24) is 0 Å². The van der Waals surface area contributed by atoms with Gasteiger partial charge in [-0.25, -0.2) is 0 Å². The molecule has 0 fully saturated rings. The monoisotopic (exact) mass is 355 g/mol. The zero-order chi connectivity index (χ0) is 19.4. The van der Waals surface area contributed by atoms with Crippen LogP contribution in [0.2, 0.25) is 0 Å². The summed E-state index contributed by atoms with van der Waals surface area (Å²) in [4.78, 5) is 2.52. The van der Waals surface area contributed by atoms with Gasteiger partial charge in [-0.15, -0.1) is 0 Å². The van der Waals surface area contributed by atoms with Gasteiger partial charge in [0, 0.05) is 22.3 Å². The van der Waals surface area contributed by atoms with E-state index in [1.54, 1.807) is 0 Å². The van der Waals surface area contributed by atoms with E-state index in [2.05, 4.69) is 113 Å². The van der Waals surface area contributed by atoms with Gasteiger partial charge >= 0.3 is 0 Å². The molecule has 0 saturated carbocycles. The molecule has 0 radical (unpaired) electrons. The highest BCUT2D eigenvalue weighted by atomic mass is 15.2. The summed E-state index contributed by atoms with van der Waals surface area (Å²) >= 11 is 0. The second-order valence-corrected chi connectivity index (χ2v) is 9.17. The number of nitrogens with zero attached hydrogens (tertiary/aromatic N) is 1. The Kier molecular flexibility index (Phi) is 3.96. The Balaban J connectivity index is 2.06. The van der Waals surface area contributed by atoms with Crippen LogP contribution in [0.1, 0.15) is 51.3 Å². The fourth-order valence-corrected chi connectivity index (χ4v) is 4.67. The molecule has 0 aliphatic heterocycles. The first-order valence-corrected chi connectivity index (χ1v) is 9.82. The van der Waals surface area contributed by atoms with Gasteiger partial charge in [-0.2, -0.15) is 0 Å². The Labute approximate surface area is 163 Å². The Morgan fingerprint density at radius 2 is 1.37 bits per heavy atom. The van der Waals surface area contributed by atoms with Crippen LogP contribution in [0.4, 0.5) is 11.4 Å². The van der Waals surface area contributed by atoms with Crippen LogP contribution in [0, 0.1) is 6.92 Å². The quantitative estimate of drug-likeness (QED) is 0.468. The summed E-state index contributed by atoms with van der Waals surface area (Å²) in [6.07, 6.45) is 0. The van der Waals surface area contributed by atoms with Gasteiger partial charge in [0.1, 0.15) is 0 Å². The van der Waals surface area contributed by atoms with E-state index in [0.29, 0.717) is 0 Å². The maximum Gasteiger partial charge on any atom is 0.0493 e. The fraction of sp³-hybridized carbons (Fsp3) is 0.308. The number of hydrogen-bond donors (Lipinski definition) is 0. The first-order valence-electron chi connectivity index (χ1n) is 9.82. The summed E-state index contributed by atoms with van der Waals surface area (Å²) in [5.41, 5.74) is 9.49. The third-order valence-corrected chi connectivity index (χ3v) is 5.80. The van der Waals surface area contributed by atoms with Gasteiger partial charge < -0.3 is 4.90 Å². The van der Waals surface area contributed by atoms with Crippen LogP contribution in [0.25, 0.3) is 11.1 Å². The molecule has 1 nitrogen and oxygen atoms in total. The van der Waals surface area contributed by atoms with Gasteiger partial charge in [-0.1, -0.05) is 68.4 Å². The Hall–Kier alpha value is -2.54. The smallest absolute Gasteiger partial charge is 0.0493 e. The highest BCUT2D eigenvalue weighted by Gasteiger charge is 2.40. The molecular weight excluding hydrogens is 326 g/mol. The Morgan fingerprint density at radius 1 is 0.741 bits per heavy atom. The second kappa shape index (κ2) is 5.99. The maximum atomic E-state index is 2.52. The van der Waals surface area contributed by atoms with E-state index in [0.717, 1.165) is 0 Å². The SMILES string of the molecule is Cc1ccc2c(c1N(c1ccccc1)C(C)(C)C)C(C)(C)c1ccccc1-2. The predicted octanol–water partition coefficient (Wildman–Crippen LogP) is 7.24. The van der Waals surface area contributed by atoms with Gasteiger partial charge in [0.05, 0.1) is 0 Å². The highest BCUT2D eigenvalue weighted by Crippen LogP contribution is 2.54. The van der Waals surface area contributed by atoms with Crippen molar-refractivity contribution in [3.8, 4) is 11.1 Å². The highest BCUT2D eigenvalue weighted by molar-refractivity contribution is 5.89. The van der Waals surface area contributed by atoms with E-state index in [1.165, 1.54) is 39.2 Å². The van der Waals surface area contributed by atoms with Crippen LogP contribution in [-0.4, -0.2) is 5.54 Å². The summed E-state index contributed by atoms with van der Waals surface area (Å²) in [7, 11) is 0. The van der Waals surface area contributed by atoms with Crippen molar-refractivity contribution in [3.63, 3.8) is 0 Å². The number of aryl methyl sites for hydroxylation is 1. The fourth-order valence-electron chi connectivity index (χ4n) is 4.67. The molecular formula is C26H29N. The lowest BCUT2D eigenvalue weighted by molar-refractivity contribution is 0.552. The van der Waals surface area contributed by atoms with Crippen molar-refractivity contribution in [2.45, 2.75) is 52.5 Å². The van der Waals surface area contributed by atoms with E-state index in [-0.39, 0.29) is 11.0 Å². The van der Waals surface area contributed by atoms with E-state index < -0.39 is 0 Å². The lowest BCUT2D eigenvalue weighted by Gasteiger charge is -2.41. The molecule has 0 amide bonds. The minimum atomic E-state index is -0.0356. The third kappa shape index (κ3) is 2.68.